The largest absolute Gasteiger partial charge is 0.467 e. The van der Waals surface area contributed by atoms with Crippen molar-refractivity contribution >= 4 is 18.1 Å². The van der Waals surface area contributed by atoms with E-state index in [9.17, 15) is 4.79 Å². The normalized spacial score (nSPS) is 17.3. The Morgan fingerprint density at radius 3 is 2.83 bits per heavy atom. The Bertz CT molecular complexity index is 1000. The Kier molecular flexibility index (Phi) is 5.94. The van der Waals surface area contributed by atoms with Gasteiger partial charge in [-0.15, -0.1) is 0 Å². The molecule has 3 heterocycles. The van der Waals surface area contributed by atoms with Crippen molar-refractivity contribution in [3.63, 3.8) is 0 Å². The smallest absolute Gasteiger partial charge is 0.224 e. The van der Waals surface area contributed by atoms with Gasteiger partial charge in [-0.25, -0.2) is 0 Å². The van der Waals surface area contributed by atoms with Gasteiger partial charge in [-0.1, -0.05) is 42.7 Å². The van der Waals surface area contributed by atoms with Gasteiger partial charge in [0, 0.05) is 25.1 Å². The van der Waals surface area contributed by atoms with Crippen LogP contribution in [0.5, 0.6) is 0 Å². The fraction of sp³-hybridized carbons (Fsp3) is 0.409. The maximum Gasteiger partial charge on any atom is 0.224 e. The molecular weight excluding hydrogens is 384 g/mol. The number of H-pyrrole nitrogens is 1. The summed E-state index contributed by atoms with van der Waals surface area (Å²) in [5, 5.41) is 7.25. The van der Waals surface area contributed by atoms with Gasteiger partial charge < -0.3 is 9.32 Å². The molecule has 1 N–H and O–H groups in total. The molecule has 4 rings (SSSR count). The van der Waals surface area contributed by atoms with E-state index in [2.05, 4.69) is 17.1 Å². The van der Waals surface area contributed by atoms with Gasteiger partial charge in [0.25, 0.3) is 0 Å². The van der Waals surface area contributed by atoms with Crippen LogP contribution in [0.4, 0.5) is 0 Å². The van der Waals surface area contributed by atoms with E-state index in [-0.39, 0.29) is 11.9 Å². The first-order valence-electron chi connectivity index (χ1n) is 10.2. The molecule has 29 heavy (non-hydrogen) atoms. The number of hydrogen-bond acceptors (Lipinski definition) is 4. The minimum absolute atomic E-state index is 0.0221. The minimum atomic E-state index is 0.0221. The van der Waals surface area contributed by atoms with Gasteiger partial charge in [-0.2, -0.15) is 5.10 Å². The molecule has 1 aliphatic rings. The number of benzene rings is 1. The number of rotatable bonds is 5. The molecule has 1 atom stereocenters. The third kappa shape index (κ3) is 4.34. The van der Waals surface area contributed by atoms with Crippen LogP contribution in [-0.4, -0.2) is 32.1 Å². The molecule has 3 aromatic rings. The molecule has 0 aliphatic carbocycles. The molecule has 0 saturated carbocycles. The standard InChI is InChI=1S/C22H26N4O2S/c1-16-8-10-17(11-9-16)21-23-24-22(29)26(21)14-12-20(27)25-13-4-2-3-6-18(25)19-7-5-15-28-19/h5,7-11,15,18H,2-4,6,12-14H2,1H3,(H,24,29). The molecule has 1 unspecified atom stereocenters. The number of nitrogens with zero attached hydrogens (tertiary/aromatic N) is 3. The number of likely N-dealkylation sites (tertiary alicyclic amines) is 1. The van der Waals surface area contributed by atoms with Crippen LogP contribution in [0.3, 0.4) is 0 Å². The van der Waals surface area contributed by atoms with Gasteiger partial charge in [-0.05, 0) is 44.1 Å². The van der Waals surface area contributed by atoms with Crippen LogP contribution in [0.25, 0.3) is 11.4 Å². The van der Waals surface area contributed by atoms with Crippen molar-refractivity contribution in [1.82, 2.24) is 19.7 Å². The lowest BCUT2D eigenvalue weighted by Gasteiger charge is -2.29. The van der Waals surface area contributed by atoms with E-state index in [0.717, 1.165) is 49.4 Å². The second kappa shape index (κ2) is 8.78. The molecule has 1 aromatic carbocycles. The topological polar surface area (TPSA) is 67.1 Å². The van der Waals surface area contributed by atoms with E-state index in [1.54, 1.807) is 6.26 Å². The lowest BCUT2D eigenvalue weighted by atomic mass is 10.1. The zero-order valence-electron chi connectivity index (χ0n) is 16.6. The molecule has 1 amide bonds. The van der Waals surface area contributed by atoms with Crippen LogP contribution in [0.15, 0.2) is 47.1 Å². The summed E-state index contributed by atoms with van der Waals surface area (Å²) in [4.78, 5) is 15.1. The van der Waals surface area contributed by atoms with Crippen LogP contribution >= 0.6 is 12.2 Å². The third-order valence-corrected chi connectivity index (χ3v) is 5.87. The van der Waals surface area contributed by atoms with Crippen molar-refractivity contribution in [1.29, 1.82) is 0 Å². The van der Waals surface area contributed by atoms with Gasteiger partial charge >= 0.3 is 0 Å². The second-order valence-electron chi connectivity index (χ2n) is 7.59. The number of aryl methyl sites for hydroxylation is 1. The van der Waals surface area contributed by atoms with E-state index >= 15 is 0 Å². The first-order valence-corrected chi connectivity index (χ1v) is 10.6. The van der Waals surface area contributed by atoms with Crippen molar-refractivity contribution in [2.45, 2.75) is 51.6 Å². The molecule has 1 aliphatic heterocycles. The average Bonchev–Trinajstić information content (AvgIpc) is 3.31. The van der Waals surface area contributed by atoms with Crippen LogP contribution < -0.4 is 0 Å². The Hall–Kier alpha value is -2.67. The summed E-state index contributed by atoms with van der Waals surface area (Å²) < 4.78 is 8.08. The molecule has 2 aromatic heterocycles. The zero-order valence-corrected chi connectivity index (χ0v) is 17.5. The fourth-order valence-corrected chi connectivity index (χ4v) is 4.21. The average molecular weight is 411 g/mol. The highest BCUT2D eigenvalue weighted by atomic mass is 32.1. The van der Waals surface area contributed by atoms with Gasteiger partial charge in [0.2, 0.25) is 5.91 Å². The summed E-state index contributed by atoms with van der Waals surface area (Å²) in [6.07, 6.45) is 6.29. The predicted molar refractivity (Wildman–Crippen MR) is 114 cm³/mol. The van der Waals surface area contributed by atoms with Crippen LogP contribution in [0.1, 0.15) is 49.5 Å². The van der Waals surface area contributed by atoms with Crippen LogP contribution in [0.2, 0.25) is 0 Å². The van der Waals surface area contributed by atoms with E-state index in [1.165, 1.54) is 5.56 Å². The van der Waals surface area contributed by atoms with E-state index in [1.807, 2.05) is 45.9 Å². The van der Waals surface area contributed by atoms with Crippen molar-refractivity contribution < 1.29 is 9.21 Å². The number of amides is 1. The first kappa shape index (κ1) is 19.6. The molecule has 7 heteroatoms. The molecule has 6 nitrogen and oxygen atoms in total. The number of carbonyl (C=O) groups is 1. The summed E-state index contributed by atoms with van der Waals surface area (Å²) in [7, 11) is 0. The highest BCUT2D eigenvalue weighted by Crippen LogP contribution is 2.31. The third-order valence-electron chi connectivity index (χ3n) is 5.56. The van der Waals surface area contributed by atoms with Gasteiger partial charge in [0.1, 0.15) is 5.76 Å². The highest BCUT2D eigenvalue weighted by Gasteiger charge is 2.28. The van der Waals surface area contributed by atoms with E-state index in [0.29, 0.717) is 17.7 Å². The van der Waals surface area contributed by atoms with Gasteiger partial charge in [0.05, 0.1) is 12.3 Å². The van der Waals surface area contributed by atoms with Gasteiger partial charge in [-0.3, -0.25) is 14.5 Å². The number of hydrogen-bond donors (Lipinski definition) is 1. The molecular formula is C22H26N4O2S. The summed E-state index contributed by atoms with van der Waals surface area (Å²) in [6, 6.07) is 12.0. The SMILES string of the molecule is Cc1ccc(-c2n[nH]c(=S)n2CCC(=O)N2CCCCCC2c2ccco2)cc1. The number of carbonyl (C=O) groups excluding carboxylic acids is 1. The summed E-state index contributed by atoms with van der Waals surface area (Å²) in [5.74, 6) is 1.77. The maximum absolute atomic E-state index is 13.2. The fourth-order valence-electron chi connectivity index (χ4n) is 3.98. The van der Waals surface area contributed by atoms with Crippen LogP contribution in [-0.2, 0) is 11.3 Å². The molecule has 0 bridgehead atoms. The molecule has 0 radical (unpaired) electrons. The molecule has 1 saturated heterocycles. The lowest BCUT2D eigenvalue weighted by Crippen LogP contribution is -2.35. The predicted octanol–water partition coefficient (Wildman–Crippen LogP) is 5.04. The van der Waals surface area contributed by atoms with Crippen molar-refractivity contribution in [3.05, 3.63) is 58.8 Å². The van der Waals surface area contributed by atoms with Gasteiger partial charge in [0.15, 0.2) is 10.6 Å². The highest BCUT2D eigenvalue weighted by molar-refractivity contribution is 7.71. The number of nitrogens with one attached hydrogen (secondary N) is 1. The lowest BCUT2D eigenvalue weighted by molar-refractivity contribution is -0.134. The summed E-state index contributed by atoms with van der Waals surface area (Å²) in [6.45, 7) is 3.32. The Morgan fingerprint density at radius 2 is 2.07 bits per heavy atom. The number of furan rings is 1. The quantitative estimate of drug-likeness (QED) is 0.598. The van der Waals surface area contributed by atoms with E-state index in [4.69, 9.17) is 16.6 Å². The molecule has 1 fully saturated rings. The van der Waals surface area contributed by atoms with Crippen LogP contribution in [0, 0.1) is 11.7 Å². The Balaban J connectivity index is 1.51. The summed E-state index contributed by atoms with van der Waals surface area (Å²) >= 11 is 5.42. The molecule has 0 spiro atoms. The number of aromatic nitrogens is 3. The van der Waals surface area contributed by atoms with Crippen molar-refractivity contribution in [2.75, 3.05) is 6.54 Å². The zero-order chi connectivity index (χ0) is 20.2. The van der Waals surface area contributed by atoms with E-state index < -0.39 is 0 Å². The van der Waals surface area contributed by atoms with Crippen molar-refractivity contribution in [2.24, 2.45) is 0 Å². The Morgan fingerprint density at radius 1 is 1.24 bits per heavy atom. The summed E-state index contributed by atoms with van der Waals surface area (Å²) in [5.41, 5.74) is 2.17. The maximum atomic E-state index is 13.2. The Labute approximate surface area is 175 Å². The number of aromatic amines is 1. The van der Waals surface area contributed by atoms with Crippen molar-refractivity contribution in [3.8, 4) is 11.4 Å². The first-order chi connectivity index (χ1) is 14.1. The molecule has 152 valence electrons. The monoisotopic (exact) mass is 410 g/mol. The minimum Gasteiger partial charge on any atom is -0.467 e. The second-order valence-corrected chi connectivity index (χ2v) is 7.97.